The van der Waals surface area contributed by atoms with Crippen molar-refractivity contribution in [3.63, 3.8) is 0 Å². The average Bonchev–Trinajstić information content (AvgIpc) is 2.46. The number of ether oxygens (including phenoxy) is 1. The smallest absolute Gasteiger partial charge is 0.211 e. The predicted octanol–water partition coefficient (Wildman–Crippen LogP) is 1.65. The normalized spacial score (nSPS) is 22.2. The fraction of sp³-hybridized carbons (Fsp3) is 0.529. The molecule has 0 bridgehead atoms. The largest absolute Gasteiger partial charge is 0.492 e. The Labute approximate surface area is 138 Å². The SMILES string of the molecule is CC1CC(C)CN(CCOc2cccc(C=NN=C(N)N)c2)C1. The van der Waals surface area contributed by atoms with Gasteiger partial charge in [0.15, 0.2) is 0 Å². The minimum atomic E-state index is -0.0568. The third-order valence-electron chi connectivity index (χ3n) is 3.86. The van der Waals surface area contributed by atoms with E-state index in [0.29, 0.717) is 6.61 Å². The molecule has 0 amide bonds. The fourth-order valence-corrected chi connectivity index (χ4v) is 3.11. The lowest BCUT2D eigenvalue weighted by Gasteiger charge is -2.34. The Morgan fingerprint density at radius 1 is 1.30 bits per heavy atom. The summed E-state index contributed by atoms with van der Waals surface area (Å²) < 4.78 is 5.86. The van der Waals surface area contributed by atoms with Gasteiger partial charge >= 0.3 is 0 Å². The lowest BCUT2D eigenvalue weighted by atomic mass is 9.92. The van der Waals surface area contributed by atoms with Gasteiger partial charge in [0, 0.05) is 19.6 Å². The van der Waals surface area contributed by atoms with Crippen molar-refractivity contribution in [2.45, 2.75) is 20.3 Å². The highest BCUT2D eigenvalue weighted by atomic mass is 16.5. The van der Waals surface area contributed by atoms with Crippen LogP contribution in [-0.4, -0.2) is 43.3 Å². The molecule has 1 heterocycles. The van der Waals surface area contributed by atoms with Crippen molar-refractivity contribution in [3.05, 3.63) is 29.8 Å². The first-order chi connectivity index (χ1) is 11.0. The van der Waals surface area contributed by atoms with Gasteiger partial charge in [0.05, 0.1) is 6.21 Å². The summed E-state index contributed by atoms with van der Waals surface area (Å²) in [6.45, 7) is 8.62. The molecule has 1 aliphatic heterocycles. The molecule has 0 spiro atoms. The Balaban J connectivity index is 1.81. The number of piperidine rings is 1. The Morgan fingerprint density at radius 2 is 2.04 bits per heavy atom. The van der Waals surface area contributed by atoms with E-state index in [-0.39, 0.29) is 5.96 Å². The van der Waals surface area contributed by atoms with Crippen molar-refractivity contribution < 1.29 is 4.74 Å². The van der Waals surface area contributed by atoms with E-state index in [9.17, 15) is 0 Å². The van der Waals surface area contributed by atoms with Crippen LogP contribution in [0.3, 0.4) is 0 Å². The minimum absolute atomic E-state index is 0.0568. The molecule has 1 aromatic rings. The first kappa shape index (κ1) is 17.3. The van der Waals surface area contributed by atoms with Gasteiger partial charge in [0.1, 0.15) is 12.4 Å². The quantitative estimate of drug-likeness (QED) is 0.474. The van der Waals surface area contributed by atoms with E-state index >= 15 is 0 Å². The molecular weight excluding hydrogens is 290 g/mol. The first-order valence-electron chi connectivity index (χ1n) is 8.10. The fourth-order valence-electron chi connectivity index (χ4n) is 3.11. The zero-order chi connectivity index (χ0) is 16.7. The molecule has 2 unspecified atom stereocenters. The molecule has 4 N–H and O–H groups in total. The van der Waals surface area contributed by atoms with Crippen LogP contribution in [0.5, 0.6) is 5.75 Å². The predicted molar refractivity (Wildman–Crippen MR) is 94.7 cm³/mol. The molecule has 1 aliphatic rings. The van der Waals surface area contributed by atoms with Crippen molar-refractivity contribution in [3.8, 4) is 5.75 Å². The van der Waals surface area contributed by atoms with Crippen LogP contribution in [-0.2, 0) is 0 Å². The van der Waals surface area contributed by atoms with Crippen LogP contribution in [0.15, 0.2) is 34.5 Å². The topological polar surface area (TPSA) is 89.2 Å². The van der Waals surface area contributed by atoms with Crippen LogP contribution in [0.4, 0.5) is 0 Å². The number of likely N-dealkylation sites (tertiary alicyclic amines) is 1. The van der Waals surface area contributed by atoms with Gasteiger partial charge in [-0.2, -0.15) is 5.10 Å². The van der Waals surface area contributed by atoms with Crippen molar-refractivity contribution in [1.82, 2.24) is 4.90 Å². The summed E-state index contributed by atoms with van der Waals surface area (Å²) in [5.74, 6) is 2.32. The Hall–Kier alpha value is -2.08. The zero-order valence-electron chi connectivity index (χ0n) is 14.0. The lowest BCUT2D eigenvalue weighted by molar-refractivity contribution is 0.120. The van der Waals surface area contributed by atoms with Crippen LogP contribution in [0.25, 0.3) is 0 Å². The van der Waals surface area contributed by atoms with E-state index in [4.69, 9.17) is 16.2 Å². The van der Waals surface area contributed by atoms with Crippen molar-refractivity contribution in [2.24, 2.45) is 33.5 Å². The number of nitrogens with zero attached hydrogens (tertiary/aromatic N) is 3. The summed E-state index contributed by atoms with van der Waals surface area (Å²) in [6, 6.07) is 7.72. The molecular formula is C17H27N5O. The van der Waals surface area contributed by atoms with Gasteiger partial charge in [0.2, 0.25) is 5.96 Å². The van der Waals surface area contributed by atoms with Gasteiger partial charge in [-0.3, -0.25) is 4.90 Å². The van der Waals surface area contributed by atoms with Gasteiger partial charge in [0.25, 0.3) is 0 Å². The summed E-state index contributed by atoms with van der Waals surface area (Å²) in [6.07, 6.45) is 2.93. The maximum atomic E-state index is 5.86. The van der Waals surface area contributed by atoms with Crippen molar-refractivity contribution in [2.75, 3.05) is 26.2 Å². The maximum Gasteiger partial charge on any atom is 0.211 e. The summed E-state index contributed by atoms with van der Waals surface area (Å²) >= 11 is 0. The second kappa shape index (κ2) is 8.53. The van der Waals surface area contributed by atoms with E-state index in [2.05, 4.69) is 29.0 Å². The maximum absolute atomic E-state index is 5.86. The molecule has 0 aromatic heterocycles. The highest BCUT2D eigenvalue weighted by molar-refractivity contribution is 5.81. The van der Waals surface area contributed by atoms with E-state index < -0.39 is 0 Å². The van der Waals surface area contributed by atoms with Gasteiger partial charge < -0.3 is 16.2 Å². The van der Waals surface area contributed by atoms with E-state index in [1.165, 1.54) is 19.5 Å². The third kappa shape index (κ3) is 6.28. The number of nitrogens with two attached hydrogens (primary N) is 2. The summed E-state index contributed by atoms with van der Waals surface area (Å²) in [7, 11) is 0. The first-order valence-corrected chi connectivity index (χ1v) is 8.10. The van der Waals surface area contributed by atoms with E-state index in [0.717, 1.165) is 29.7 Å². The van der Waals surface area contributed by atoms with E-state index in [1.807, 2.05) is 24.3 Å². The zero-order valence-corrected chi connectivity index (χ0v) is 14.0. The third-order valence-corrected chi connectivity index (χ3v) is 3.86. The van der Waals surface area contributed by atoms with E-state index in [1.54, 1.807) is 6.21 Å². The molecule has 1 aromatic carbocycles. The molecule has 1 fully saturated rings. The highest BCUT2D eigenvalue weighted by Crippen LogP contribution is 2.20. The second-order valence-corrected chi connectivity index (χ2v) is 6.40. The molecule has 0 radical (unpaired) electrons. The molecule has 2 rings (SSSR count). The number of benzene rings is 1. The van der Waals surface area contributed by atoms with Crippen molar-refractivity contribution in [1.29, 1.82) is 0 Å². The lowest BCUT2D eigenvalue weighted by Crippen LogP contribution is -2.40. The number of rotatable bonds is 6. The van der Waals surface area contributed by atoms with Gasteiger partial charge in [-0.25, -0.2) is 0 Å². The summed E-state index contributed by atoms with van der Waals surface area (Å²) in [4.78, 5) is 2.49. The minimum Gasteiger partial charge on any atom is -0.492 e. The number of hydrogen-bond acceptors (Lipinski definition) is 4. The summed E-state index contributed by atoms with van der Waals surface area (Å²) in [5.41, 5.74) is 11.4. The van der Waals surface area contributed by atoms with Gasteiger partial charge in [-0.05, 0) is 36.0 Å². The molecule has 0 aliphatic carbocycles. The van der Waals surface area contributed by atoms with Crippen LogP contribution >= 0.6 is 0 Å². The van der Waals surface area contributed by atoms with Gasteiger partial charge in [-0.15, -0.1) is 5.10 Å². The number of hydrogen-bond donors (Lipinski definition) is 2. The Bertz CT molecular complexity index is 544. The van der Waals surface area contributed by atoms with Crippen LogP contribution in [0.1, 0.15) is 25.8 Å². The van der Waals surface area contributed by atoms with Gasteiger partial charge in [-0.1, -0.05) is 26.0 Å². The molecule has 2 atom stereocenters. The standard InChI is InChI=1S/C17H27N5O/c1-13-8-14(2)12-22(11-13)6-7-23-16-5-3-4-15(9-16)10-20-21-17(18)19/h3-5,9-10,13-14H,6-8,11-12H2,1-2H3,(H4,18,19,21). The number of guanidine groups is 1. The molecule has 6 nitrogen and oxygen atoms in total. The molecule has 6 heteroatoms. The molecule has 23 heavy (non-hydrogen) atoms. The summed E-state index contributed by atoms with van der Waals surface area (Å²) in [5, 5.41) is 7.38. The monoisotopic (exact) mass is 317 g/mol. The van der Waals surface area contributed by atoms with Crippen LogP contribution in [0, 0.1) is 11.8 Å². The van der Waals surface area contributed by atoms with Crippen LogP contribution < -0.4 is 16.2 Å². The Kier molecular flexibility index (Phi) is 6.40. The van der Waals surface area contributed by atoms with Crippen LogP contribution in [0.2, 0.25) is 0 Å². The Morgan fingerprint density at radius 3 is 2.74 bits per heavy atom. The highest BCUT2D eigenvalue weighted by Gasteiger charge is 2.21. The average molecular weight is 317 g/mol. The molecule has 126 valence electrons. The van der Waals surface area contributed by atoms with Crippen molar-refractivity contribution >= 4 is 12.2 Å². The second-order valence-electron chi connectivity index (χ2n) is 6.40. The molecule has 0 saturated carbocycles. The molecule has 1 saturated heterocycles.